The first kappa shape index (κ1) is 9.23. The van der Waals surface area contributed by atoms with Gasteiger partial charge < -0.3 is 10.2 Å². The van der Waals surface area contributed by atoms with E-state index < -0.39 is 0 Å². The molecule has 1 aromatic carbocycles. The molecule has 1 saturated heterocycles. The summed E-state index contributed by atoms with van der Waals surface area (Å²) in [5.41, 5.74) is 1.01. The van der Waals surface area contributed by atoms with Crippen molar-refractivity contribution in [3.05, 3.63) is 47.3 Å². The molecule has 2 rings (SSSR count). The molecule has 2 nitrogen and oxygen atoms in total. The Morgan fingerprint density at radius 3 is 2.79 bits per heavy atom. The highest BCUT2D eigenvalue weighted by Crippen LogP contribution is 2.34. The van der Waals surface area contributed by atoms with Crippen molar-refractivity contribution in [1.29, 1.82) is 0 Å². The van der Waals surface area contributed by atoms with E-state index in [2.05, 4.69) is 22.3 Å². The maximum atomic E-state index is 7.26. The minimum Gasteiger partial charge on any atom is -0.309 e. The molecule has 1 aliphatic heterocycles. The van der Waals surface area contributed by atoms with Crippen LogP contribution in [0.5, 0.6) is 0 Å². The third-order valence-electron chi connectivity index (χ3n) is 3.04. The normalized spacial score (nSPS) is 31.3. The lowest BCUT2D eigenvalue weighted by Crippen LogP contribution is -2.28. The van der Waals surface area contributed by atoms with E-state index in [0.29, 0.717) is 5.92 Å². The van der Waals surface area contributed by atoms with Crippen LogP contribution in [0.1, 0.15) is 18.4 Å². The van der Waals surface area contributed by atoms with E-state index in [4.69, 9.17) is 6.57 Å². The van der Waals surface area contributed by atoms with Gasteiger partial charge in [0.05, 0.1) is 12.5 Å². The summed E-state index contributed by atoms with van der Waals surface area (Å²) < 4.78 is 0. The minimum absolute atomic E-state index is 0.263. The topological polar surface area (TPSA) is 16.4 Å². The second-order valence-corrected chi connectivity index (χ2v) is 4.06. The summed E-state index contributed by atoms with van der Waals surface area (Å²) in [6.45, 7) is 11.0. The summed E-state index contributed by atoms with van der Waals surface area (Å²) in [4.78, 5) is 3.76. The first-order valence-electron chi connectivity index (χ1n) is 4.90. The monoisotopic (exact) mass is 186 g/mol. The van der Waals surface area contributed by atoms with Gasteiger partial charge in [0.2, 0.25) is 5.54 Å². The van der Waals surface area contributed by atoms with E-state index in [-0.39, 0.29) is 5.54 Å². The average Bonchev–Trinajstić information content (AvgIpc) is 2.63. The first-order chi connectivity index (χ1) is 6.76. The molecule has 1 N–H and O–H groups in total. The zero-order valence-corrected chi connectivity index (χ0v) is 8.33. The molecule has 0 radical (unpaired) electrons. The van der Waals surface area contributed by atoms with Gasteiger partial charge in [0.1, 0.15) is 0 Å². The molecule has 1 unspecified atom stereocenters. The Labute approximate surface area is 84.8 Å². The molecular weight excluding hydrogens is 172 g/mol. The zero-order valence-electron chi connectivity index (χ0n) is 8.33. The van der Waals surface area contributed by atoms with Crippen molar-refractivity contribution < 1.29 is 0 Å². The number of benzene rings is 1. The van der Waals surface area contributed by atoms with Crippen molar-refractivity contribution in [2.24, 2.45) is 0 Å². The molecule has 2 atom stereocenters. The summed E-state index contributed by atoms with van der Waals surface area (Å²) in [5.74, 6) is 0.334. The van der Waals surface area contributed by atoms with Gasteiger partial charge in [-0.3, -0.25) is 0 Å². The molecule has 0 aliphatic carbocycles. The minimum atomic E-state index is -0.263. The first-order valence-corrected chi connectivity index (χ1v) is 4.90. The SMILES string of the molecule is [C-]#[N+][C@@]1(C)CNCC1c1ccccc1. The van der Waals surface area contributed by atoms with Gasteiger partial charge in [-0.15, -0.1) is 0 Å². The predicted octanol–water partition coefficient (Wildman–Crippen LogP) is 2.05. The quantitative estimate of drug-likeness (QED) is 0.664. The molecule has 0 aromatic heterocycles. The van der Waals surface area contributed by atoms with Gasteiger partial charge in [0.25, 0.3) is 0 Å². The number of hydrogen-bond acceptors (Lipinski definition) is 1. The summed E-state index contributed by atoms with van der Waals surface area (Å²) in [6, 6.07) is 10.3. The molecule has 0 amide bonds. The molecule has 14 heavy (non-hydrogen) atoms. The lowest BCUT2D eigenvalue weighted by molar-refractivity contribution is 0.543. The van der Waals surface area contributed by atoms with Crippen LogP contribution in [0.3, 0.4) is 0 Å². The van der Waals surface area contributed by atoms with Gasteiger partial charge in [-0.2, -0.15) is 0 Å². The van der Waals surface area contributed by atoms with Crippen molar-refractivity contribution in [2.45, 2.75) is 18.4 Å². The highest BCUT2D eigenvalue weighted by Gasteiger charge is 2.45. The molecule has 1 aliphatic rings. The van der Waals surface area contributed by atoms with Crippen molar-refractivity contribution >= 4 is 0 Å². The molecule has 72 valence electrons. The summed E-state index contributed by atoms with van der Waals surface area (Å²) in [6.07, 6.45) is 0. The lowest BCUT2D eigenvalue weighted by Gasteiger charge is -2.18. The molecule has 1 aromatic rings. The van der Waals surface area contributed by atoms with E-state index in [1.807, 2.05) is 25.1 Å². The maximum Gasteiger partial charge on any atom is 0.250 e. The smallest absolute Gasteiger partial charge is 0.250 e. The maximum absolute atomic E-state index is 7.26. The summed E-state index contributed by atoms with van der Waals surface area (Å²) in [7, 11) is 0. The van der Waals surface area contributed by atoms with Crippen LogP contribution in [0.4, 0.5) is 0 Å². The number of rotatable bonds is 1. The highest BCUT2D eigenvalue weighted by molar-refractivity contribution is 5.28. The van der Waals surface area contributed by atoms with Gasteiger partial charge >= 0.3 is 0 Å². The van der Waals surface area contributed by atoms with Crippen molar-refractivity contribution in [2.75, 3.05) is 13.1 Å². The van der Waals surface area contributed by atoms with Gasteiger partial charge in [-0.05, 0) is 5.56 Å². The Morgan fingerprint density at radius 1 is 1.43 bits per heavy atom. The summed E-state index contributed by atoms with van der Waals surface area (Å²) >= 11 is 0. The Bertz CT molecular complexity index is 352. The fraction of sp³-hybridized carbons (Fsp3) is 0.417. The average molecular weight is 186 g/mol. The van der Waals surface area contributed by atoms with Crippen LogP contribution in [-0.2, 0) is 0 Å². The third kappa shape index (κ3) is 1.40. The number of nitrogens with one attached hydrogen (secondary N) is 1. The van der Waals surface area contributed by atoms with Crippen molar-refractivity contribution in [3.63, 3.8) is 0 Å². The van der Waals surface area contributed by atoms with Crippen molar-refractivity contribution in [1.82, 2.24) is 5.32 Å². The Morgan fingerprint density at radius 2 is 2.14 bits per heavy atom. The third-order valence-corrected chi connectivity index (χ3v) is 3.04. The second-order valence-electron chi connectivity index (χ2n) is 4.06. The lowest BCUT2D eigenvalue weighted by atomic mass is 9.84. The van der Waals surface area contributed by atoms with Crippen LogP contribution in [0.2, 0.25) is 0 Å². The highest BCUT2D eigenvalue weighted by atomic mass is 15.0. The molecule has 0 spiro atoms. The van der Waals surface area contributed by atoms with Crippen LogP contribution < -0.4 is 5.32 Å². The van der Waals surface area contributed by atoms with Gasteiger partial charge in [0.15, 0.2) is 0 Å². The largest absolute Gasteiger partial charge is 0.309 e. The fourth-order valence-corrected chi connectivity index (χ4v) is 2.09. The van der Waals surface area contributed by atoms with Crippen LogP contribution in [0.15, 0.2) is 30.3 Å². The number of nitrogens with zero attached hydrogens (tertiary/aromatic N) is 1. The molecule has 1 fully saturated rings. The van der Waals surface area contributed by atoms with Crippen LogP contribution in [0.25, 0.3) is 4.85 Å². The van der Waals surface area contributed by atoms with E-state index in [1.54, 1.807) is 0 Å². The Kier molecular flexibility index (Phi) is 2.26. The second kappa shape index (κ2) is 3.43. The van der Waals surface area contributed by atoms with E-state index in [0.717, 1.165) is 13.1 Å². The Balaban J connectivity index is 2.32. The van der Waals surface area contributed by atoms with Gasteiger partial charge in [-0.25, -0.2) is 6.57 Å². The van der Waals surface area contributed by atoms with E-state index >= 15 is 0 Å². The van der Waals surface area contributed by atoms with E-state index in [9.17, 15) is 0 Å². The molecule has 2 heteroatoms. The molecule has 0 bridgehead atoms. The van der Waals surface area contributed by atoms with Gasteiger partial charge in [-0.1, -0.05) is 30.3 Å². The zero-order chi connectivity index (χ0) is 10.0. The Hall–Kier alpha value is -1.33. The predicted molar refractivity (Wildman–Crippen MR) is 57.1 cm³/mol. The van der Waals surface area contributed by atoms with Gasteiger partial charge in [0, 0.05) is 13.5 Å². The van der Waals surface area contributed by atoms with Crippen LogP contribution in [0, 0.1) is 6.57 Å². The van der Waals surface area contributed by atoms with E-state index in [1.165, 1.54) is 5.56 Å². The fourth-order valence-electron chi connectivity index (χ4n) is 2.09. The number of hydrogen-bond donors (Lipinski definition) is 1. The van der Waals surface area contributed by atoms with Crippen LogP contribution >= 0.6 is 0 Å². The molecule has 1 heterocycles. The molecular formula is C12H14N2. The van der Waals surface area contributed by atoms with Crippen LogP contribution in [-0.4, -0.2) is 18.6 Å². The standard InChI is InChI=1S/C12H14N2/c1-12(13-2)9-14-8-11(12)10-6-4-3-5-7-10/h3-7,11,14H,8-9H2,1H3/t11?,12-/m0/s1. The molecule has 0 saturated carbocycles. The van der Waals surface area contributed by atoms with Crippen molar-refractivity contribution in [3.8, 4) is 0 Å². The summed E-state index contributed by atoms with van der Waals surface area (Å²) in [5, 5.41) is 3.30.